The summed E-state index contributed by atoms with van der Waals surface area (Å²) < 4.78 is 7.09. The molecule has 2 aromatic heterocycles. The Hall–Kier alpha value is -3.52. The fourth-order valence-corrected chi connectivity index (χ4v) is 4.81. The third-order valence-corrected chi connectivity index (χ3v) is 6.63. The zero-order chi connectivity index (χ0) is 23.5. The second-order valence-electron chi connectivity index (χ2n) is 9.04. The van der Waals surface area contributed by atoms with E-state index in [2.05, 4.69) is 37.5 Å². The van der Waals surface area contributed by atoms with Crippen LogP contribution in [-0.2, 0) is 6.54 Å². The molecule has 4 aromatic rings. The minimum Gasteiger partial charge on any atom is -0.497 e. The number of aryl methyl sites for hydroxylation is 1. The maximum absolute atomic E-state index is 13.4. The molecule has 34 heavy (non-hydrogen) atoms. The summed E-state index contributed by atoms with van der Waals surface area (Å²) in [6, 6.07) is 15.7. The maximum Gasteiger partial charge on any atom is 0.253 e. The van der Waals surface area contributed by atoms with E-state index in [9.17, 15) is 4.79 Å². The third-order valence-electron chi connectivity index (χ3n) is 6.63. The van der Waals surface area contributed by atoms with E-state index in [1.807, 2.05) is 48.0 Å². The Kier molecular flexibility index (Phi) is 6.40. The van der Waals surface area contributed by atoms with Crippen molar-refractivity contribution >= 4 is 10.9 Å². The standard InChI is InChI=1S/C26H30N6O2/c1-18-7-10-20-16-22(26(33)27-23(20)15-18)24(31-13-5-3-4-6-14-31)25-28-29-30-32(25)17-19-8-11-21(34-2)12-9-19/h7-12,15-16,24H,3-6,13-14,17H2,1-2H3,(H,27,33). The molecule has 8 nitrogen and oxygen atoms in total. The molecule has 0 aliphatic carbocycles. The summed E-state index contributed by atoms with van der Waals surface area (Å²) in [7, 11) is 1.66. The number of nitrogens with zero attached hydrogens (tertiary/aromatic N) is 5. The van der Waals surface area contributed by atoms with Crippen molar-refractivity contribution in [3.05, 3.63) is 81.4 Å². The molecule has 1 fully saturated rings. The lowest BCUT2D eigenvalue weighted by Crippen LogP contribution is -2.36. The Morgan fingerprint density at radius 2 is 1.79 bits per heavy atom. The van der Waals surface area contributed by atoms with E-state index in [4.69, 9.17) is 4.74 Å². The van der Waals surface area contributed by atoms with E-state index >= 15 is 0 Å². The van der Waals surface area contributed by atoms with Gasteiger partial charge in [0.15, 0.2) is 5.82 Å². The number of benzene rings is 2. The Morgan fingerprint density at radius 1 is 1.03 bits per heavy atom. The summed E-state index contributed by atoms with van der Waals surface area (Å²) in [4.78, 5) is 18.8. The van der Waals surface area contributed by atoms with Crippen molar-refractivity contribution in [3.63, 3.8) is 0 Å². The van der Waals surface area contributed by atoms with Gasteiger partial charge in [-0.25, -0.2) is 4.68 Å². The van der Waals surface area contributed by atoms with Crippen LogP contribution >= 0.6 is 0 Å². The van der Waals surface area contributed by atoms with Gasteiger partial charge in [0.05, 0.1) is 13.7 Å². The van der Waals surface area contributed by atoms with Gasteiger partial charge >= 0.3 is 0 Å². The molecule has 5 rings (SSSR count). The molecule has 1 atom stereocenters. The molecule has 0 radical (unpaired) electrons. The fourth-order valence-electron chi connectivity index (χ4n) is 4.81. The summed E-state index contributed by atoms with van der Waals surface area (Å²) >= 11 is 0. The van der Waals surface area contributed by atoms with E-state index in [1.54, 1.807) is 7.11 Å². The number of hydrogen-bond acceptors (Lipinski definition) is 6. The lowest BCUT2D eigenvalue weighted by Gasteiger charge is -2.29. The minimum absolute atomic E-state index is 0.0913. The van der Waals surface area contributed by atoms with Gasteiger partial charge in [0.1, 0.15) is 11.8 Å². The normalized spacial score (nSPS) is 15.8. The molecule has 2 aromatic carbocycles. The van der Waals surface area contributed by atoms with Crippen molar-refractivity contribution in [3.8, 4) is 5.75 Å². The van der Waals surface area contributed by atoms with Gasteiger partial charge in [-0.3, -0.25) is 9.69 Å². The first-order chi connectivity index (χ1) is 16.6. The lowest BCUT2D eigenvalue weighted by atomic mass is 10.0. The maximum atomic E-state index is 13.4. The second-order valence-corrected chi connectivity index (χ2v) is 9.04. The average molecular weight is 459 g/mol. The highest BCUT2D eigenvalue weighted by Gasteiger charge is 2.30. The van der Waals surface area contributed by atoms with Gasteiger partial charge in [-0.1, -0.05) is 37.1 Å². The van der Waals surface area contributed by atoms with Crippen LogP contribution < -0.4 is 10.3 Å². The van der Waals surface area contributed by atoms with Gasteiger partial charge in [-0.05, 0) is 84.1 Å². The number of tetrazole rings is 1. The number of rotatable bonds is 6. The van der Waals surface area contributed by atoms with Crippen LogP contribution in [-0.4, -0.2) is 50.3 Å². The number of nitrogens with one attached hydrogen (secondary N) is 1. The van der Waals surface area contributed by atoms with Gasteiger partial charge in [0.2, 0.25) is 0 Å². The first kappa shape index (κ1) is 22.3. The predicted molar refractivity (Wildman–Crippen MR) is 131 cm³/mol. The predicted octanol–water partition coefficient (Wildman–Crippen LogP) is 3.85. The van der Waals surface area contributed by atoms with Crippen molar-refractivity contribution in [2.45, 2.75) is 45.2 Å². The molecule has 1 aliphatic heterocycles. The molecule has 1 saturated heterocycles. The van der Waals surface area contributed by atoms with E-state index in [-0.39, 0.29) is 11.6 Å². The molecule has 0 spiro atoms. The van der Waals surface area contributed by atoms with Crippen LogP contribution in [0.2, 0.25) is 0 Å². The number of aromatic nitrogens is 5. The van der Waals surface area contributed by atoms with Crippen LogP contribution in [0, 0.1) is 6.92 Å². The fraction of sp³-hybridized carbons (Fsp3) is 0.385. The van der Waals surface area contributed by atoms with Crippen molar-refractivity contribution in [1.82, 2.24) is 30.1 Å². The van der Waals surface area contributed by atoms with Crippen molar-refractivity contribution < 1.29 is 4.74 Å². The van der Waals surface area contributed by atoms with Crippen LogP contribution in [0.15, 0.2) is 53.3 Å². The van der Waals surface area contributed by atoms with Crippen LogP contribution in [0.5, 0.6) is 5.75 Å². The quantitative estimate of drug-likeness (QED) is 0.472. The molecule has 0 amide bonds. The summed E-state index contributed by atoms with van der Waals surface area (Å²) in [5.74, 6) is 1.50. The number of methoxy groups -OCH3 is 1. The molecule has 0 bridgehead atoms. The monoisotopic (exact) mass is 458 g/mol. The second kappa shape index (κ2) is 9.77. The van der Waals surface area contributed by atoms with Crippen molar-refractivity contribution in [1.29, 1.82) is 0 Å². The zero-order valence-corrected chi connectivity index (χ0v) is 19.7. The van der Waals surface area contributed by atoms with Gasteiger partial charge < -0.3 is 9.72 Å². The van der Waals surface area contributed by atoms with Gasteiger partial charge in [0.25, 0.3) is 5.56 Å². The molecule has 3 heterocycles. The summed E-state index contributed by atoms with van der Waals surface area (Å²) in [5, 5.41) is 13.8. The van der Waals surface area contributed by atoms with E-state index in [0.29, 0.717) is 17.9 Å². The van der Waals surface area contributed by atoms with Crippen LogP contribution in [0.25, 0.3) is 10.9 Å². The summed E-state index contributed by atoms with van der Waals surface area (Å²) in [5.41, 5.74) is 3.62. The number of aromatic amines is 1. The molecule has 1 aliphatic rings. The van der Waals surface area contributed by atoms with E-state index in [1.165, 1.54) is 12.8 Å². The molecular formula is C26H30N6O2. The largest absolute Gasteiger partial charge is 0.497 e. The number of ether oxygens (including phenoxy) is 1. The first-order valence-corrected chi connectivity index (χ1v) is 11.9. The Morgan fingerprint density at radius 3 is 2.53 bits per heavy atom. The SMILES string of the molecule is COc1ccc(Cn2nnnc2C(c2cc3ccc(C)cc3[nH]c2=O)N2CCCCCC2)cc1. The topological polar surface area (TPSA) is 88.9 Å². The number of hydrogen-bond donors (Lipinski definition) is 1. The van der Waals surface area contributed by atoms with Crippen LogP contribution in [0.4, 0.5) is 0 Å². The third kappa shape index (κ3) is 4.59. The van der Waals surface area contributed by atoms with Gasteiger partial charge in [-0.15, -0.1) is 5.10 Å². The average Bonchev–Trinajstić information content (AvgIpc) is 3.11. The summed E-state index contributed by atoms with van der Waals surface area (Å²) in [6.07, 6.45) is 4.60. The number of likely N-dealkylation sites (tertiary alicyclic amines) is 1. The van der Waals surface area contributed by atoms with Crippen LogP contribution in [0.3, 0.4) is 0 Å². The van der Waals surface area contributed by atoms with Crippen LogP contribution in [0.1, 0.15) is 54.2 Å². The van der Waals surface area contributed by atoms with Gasteiger partial charge in [0, 0.05) is 11.1 Å². The highest BCUT2D eigenvalue weighted by atomic mass is 16.5. The lowest BCUT2D eigenvalue weighted by molar-refractivity contribution is 0.220. The number of pyridine rings is 1. The Bertz CT molecular complexity index is 1320. The highest BCUT2D eigenvalue weighted by molar-refractivity contribution is 5.79. The minimum atomic E-state index is -0.319. The van der Waals surface area contributed by atoms with Crippen molar-refractivity contribution in [2.75, 3.05) is 20.2 Å². The van der Waals surface area contributed by atoms with E-state index in [0.717, 1.165) is 53.7 Å². The molecule has 8 heteroatoms. The van der Waals surface area contributed by atoms with E-state index < -0.39 is 0 Å². The highest BCUT2D eigenvalue weighted by Crippen LogP contribution is 2.29. The number of H-pyrrole nitrogens is 1. The number of fused-ring (bicyclic) bond motifs is 1. The molecule has 0 saturated carbocycles. The molecule has 1 unspecified atom stereocenters. The van der Waals surface area contributed by atoms with Gasteiger partial charge in [-0.2, -0.15) is 0 Å². The Balaban J connectivity index is 1.58. The van der Waals surface area contributed by atoms with Crippen molar-refractivity contribution in [2.24, 2.45) is 0 Å². The first-order valence-electron chi connectivity index (χ1n) is 11.9. The zero-order valence-electron chi connectivity index (χ0n) is 19.7. The smallest absolute Gasteiger partial charge is 0.253 e. The summed E-state index contributed by atoms with van der Waals surface area (Å²) in [6.45, 7) is 4.36. The molecular weight excluding hydrogens is 428 g/mol. The Labute approximate surface area is 198 Å². The molecule has 1 N–H and O–H groups in total. The molecule has 176 valence electrons.